The fourth-order valence-electron chi connectivity index (χ4n) is 6.66. The summed E-state index contributed by atoms with van der Waals surface area (Å²) in [5, 5.41) is 19.1. The Morgan fingerprint density at radius 1 is 1.11 bits per heavy atom. The minimum atomic E-state index is -4.02. The number of pyridine rings is 2. The number of aliphatic carboxylic acids is 1. The highest BCUT2D eigenvalue weighted by atomic mass is 32.2. The Kier molecular flexibility index (Phi) is 8.14. The molecule has 46 heavy (non-hydrogen) atoms. The second kappa shape index (κ2) is 11.7. The predicted molar refractivity (Wildman–Crippen MR) is 170 cm³/mol. The Bertz CT molecular complexity index is 1930. The Morgan fingerprint density at radius 3 is 2.54 bits per heavy atom. The Balaban J connectivity index is 1.46. The van der Waals surface area contributed by atoms with Crippen molar-refractivity contribution in [3.63, 3.8) is 0 Å². The van der Waals surface area contributed by atoms with Crippen LogP contribution in [-0.2, 0) is 32.6 Å². The normalized spacial score (nSPS) is 18.6. The van der Waals surface area contributed by atoms with Crippen LogP contribution in [0.4, 0.5) is 0 Å². The molecule has 2 aliphatic heterocycles. The van der Waals surface area contributed by atoms with E-state index in [1.807, 2.05) is 39.0 Å². The summed E-state index contributed by atoms with van der Waals surface area (Å²) in [6.07, 6.45) is 4.35. The zero-order valence-electron chi connectivity index (χ0n) is 27.1. The fraction of sp³-hybridized carbons (Fsp3) is 0.485. The summed E-state index contributed by atoms with van der Waals surface area (Å²) in [5.41, 5.74) is 3.88. The molecule has 2 aliphatic rings. The van der Waals surface area contributed by atoms with E-state index in [0.29, 0.717) is 60.5 Å². The summed E-state index contributed by atoms with van der Waals surface area (Å²) in [4.78, 5) is 21.9. The van der Waals surface area contributed by atoms with E-state index < -0.39 is 32.9 Å². The Morgan fingerprint density at radius 2 is 1.85 bits per heavy atom. The van der Waals surface area contributed by atoms with Crippen molar-refractivity contribution in [3.05, 3.63) is 70.2 Å². The summed E-state index contributed by atoms with van der Waals surface area (Å²) in [6, 6.07) is 7.38. The van der Waals surface area contributed by atoms with Crippen LogP contribution in [-0.4, -0.2) is 74.1 Å². The van der Waals surface area contributed by atoms with Crippen molar-refractivity contribution in [2.24, 2.45) is 5.41 Å². The van der Waals surface area contributed by atoms with Crippen molar-refractivity contribution in [1.82, 2.24) is 29.3 Å². The highest BCUT2D eigenvalue weighted by molar-refractivity contribution is 7.89. The van der Waals surface area contributed by atoms with Gasteiger partial charge in [-0.25, -0.2) is 18.1 Å². The first-order valence-electron chi connectivity index (χ1n) is 15.5. The van der Waals surface area contributed by atoms with Crippen LogP contribution in [0.15, 0.2) is 41.6 Å². The van der Waals surface area contributed by atoms with E-state index >= 15 is 0 Å². The first-order valence-corrected chi connectivity index (χ1v) is 17.0. The standard InChI is InChI=1S/C33H40N6O6S/c1-7-39-26-9-8-25(21(3)29(26)36-37-39)28(32(5,6)31(40)41)23-15-24(22(4)34-17-23)18-38-19-33(10-12-44-13-11-33)45-30-27(46(38,42)43)14-20(2)16-35-30/h8-9,14-17,28H,7,10-13,18-19H2,1-6H3,(H,40,41). The topological polar surface area (TPSA) is 150 Å². The van der Waals surface area contributed by atoms with Crippen molar-refractivity contribution in [2.75, 3.05) is 19.8 Å². The molecule has 3 aromatic heterocycles. The minimum Gasteiger partial charge on any atom is -0.481 e. The molecule has 1 unspecified atom stereocenters. The smallest absolute Gasteiger partial charge is 0.310 e. The third-order valence-electron chi connectivity index (χ3n) is 9.51. The molecular weight excluding hydrogens is 608 g/mol. The zero-order chi connectivity index (χ0) is 33.0. The number of fused-ring (bicyclic) bond motifs is 2. The van der Waals surface area contributed by atoms with Gasteiger partial charge in [-0.2, -0.15) is 4.31 Å². The molecule has 4 aromatic rings. The number of sulfonamides is 1. The summed E-state index contributed by atoms with van der Waals surface area (Å²) >= 11 is 0. The molecule has 12 nitrogen and oxygen atoms in total. The molecule has 244 valence electrons. The van der Waals surface area contributed by atoms with Gasteiger partial charge in [-0.05, 0) is 81.5 Å². The van der Waals surface area contributed by atoms with Gasteiger partial charge in [0.25, 0.3) is 0 Å². The lowest BCUT2D eigenvalue weighted by atomic mass is 9.70. The number of aryl methyl sites for hydroxylation is 4. The maximum absolute atomic E-state index is 14.3. The Labute approximate surface area is 268 Å². The van der Waals surface area contributed by atoms with E-state index in [4.69, 9.17) is 14.5 Å². The van der Waals surface area contributed by atoms with Crippen LogP contribution < -0.4 is 4.74 Å². The number of nitrogens with zero attached hydrogens (tertiary/aromatic N) is 6. The number of hydrogen-bond acceptors (Lipinski definition) is 9. The van der Waals surface area contributed by atoms with E-state index in [2.05, 4.69) is 15.3 Å². The zero-order valence-corrected chi connectivity index (χ0v) is 27.9. The van der Waals surface area contributed by atoms with Crippen molar-refractivity contribution < 1.29 is 27.8 Å². The number of aromatic nitrogens is 5. The SMILES string of the molecule is CCn1nnc2c(C)c(C(c3cnc(C)c(CN4CC5(CCOCC5)Oc5ncc(C)cc5S4(=O)=O)c3)C(C)(C)C(=O)O)ccc21. The number of rotatable bonds is 7. The van der Waals surface area contributed by atoms with Gasteiger partial charge in [0, 0.05) is 49.9 Å². The van der Waals surface area contributed by atoms with E-state index in [9.17, 15) is 18.3 Å². The summed E-state index contributed by atoms with van der Waals surface area (Å²) in [7, 11) is -4.02. The average Bonchev–Trinajstić information content (AvgIpc) is 3.41. The first-order chi connectivity index (χ1) is 21.8. The van der Waals surface area contributed by atoms with Crippen molar-refractivity contribution in [1.29, 1.82) is 0 Å². The van der Waals surface area contributed by atoms with Gasteiger partial charge >= 0.3 is 5.97 Å². The predicted octanol–water partition coefficient (Wildman–Crippen LogP) is 4.54. The lowest BCUT2D eigenvalue weighted by molar-refractivity contribution is -0.147. The molecule has 0 amide bonds. The third-order valence-corrected chi connectivity index (χ3v) is 11.3. The van der Waals surface area contributed by atoms with Crippen molar-refractivity contribution >= 4 is 27.0 Å². The van der Waals surface area contributed by atoms with E-state index in [0.717, 1.165) is 16.6 Å². The van der Waals surface area contributed by atoms with Gasteiger partial charge in [0.15, 0.2) is 0 Å². The number of carboxylic acid groups (broad SMARTS) is 1. The number of carbonyl (C=O) groups is 1. The lowest BCUT2D eigenvalue weighted by Gasteiger charge is -2.38. The van der Waals surface area contributed by atoms with Gasteiger partial charge in [0.05, 0.1) is 30.7 Å². The fourth-order valence-corrected chi connectivity index (χ4v) is 8.30. The van der Waals surface area contributed by atoms with Crippen LogP contribution in [0.1, 0.15) is 73.0 Å². The molecule has 1 aromatic carbocycles. The molecular formula is C33H40N6O6S. The average molecular weight is 649 g/mol. The summed E-state index contributed by atoms with van der Waals surface area (Å²) in [5.74, 6) is -1.48. The van der Waals surface area contributed by atoms with Gasteiger partial charge in [-0.1, -0.05) is 17.3 Å². The van der Waals surface area contributed by atoms with Gasteiger partial charge in [-0.3, -0.25) is 9.78 Å². The van der Waals surface area contributed by atoms with Gasteiger partial charge < -0.3 is 14.6 Å². The molecule has 5 heterocycles. The quantitative estimate of drug-likeness (QED) is 0.303. The maximum atomic E-state index is 14.3. The third kappa shape index (κ3) is 5.43. The first kappa shape index (κ1) is 32.0. The van der Waals surface area contributed by atoms with Crippen LogP contribution >= 0.6 is 0 Å². The van der Waals surface area contributed by atoms with Crippen LogP contribution in [0.3, 0.4) is 0 Å². The lowest BCUT2D eigenvalue weighted by Crippen LogP contribution is -2.50. The highest BCUT2D eigenvalue weighted by Crippen LogP contribution is 2.44. The number of hydrogen-bond donors (Lipinski definition) is 1. The molecule has 6 rings (SSSR count). The van der Waals surface area contributed by atoms with Crippen molar-refractivity contribution in [2.45, 2.75) is 83.9 Å². The monoisotopic (exact) mass is 648 g/mol. The van der Waals surface area contributed by atoms with Crippen LogP contribution in [0.5, 0.6) is 5.88 Å². The molecule has 0 radical (unpaired) electrons. The molecule has 1 atom stereocenters. The van der Waals surface area contributed by atoms with Gasteiger partial charge in [-0.15, -0.1) is 5.10 Å². The second-order valence-corrected chi connectivity index (χ2v) is 14.9. The van der Waals surface area contributed by atoms with Crippen LogP contribution in [0.2, 0.25) is 0 Å². The van der Waals surface area contributed by atoms with Gasteiger partial charge in [0.1, 0.15) is 16.0 Å². The molecule has 1 N–H and O–H groups in total. The molecule has 1 spiro atoms. The van der Waals surface area contributed by atoms with Crippen LogP contribution in [0, 0.1) is 26.2 Å². The van der Waals surface area contributed by atoms with E-state index in [1.165, 1.54) is 4.31 Å². The number of ether oxygens (including phenoxy) is 2. The molecule has 1 saturated heterocycles. The molecule has 1 fully saturated rings. The molecule has 13 heteroatoms. The molecule has 0 aliphatic carbocycles. The number of carboxylic acids is 1. The van der Waals surface area contributed by atoms with Crippen LogP contribution in [0.25, 0.3) is 11.0 Å². The number of benzene rings is 1. The van der Waals surface area contributed by atoms with E-state index in [-0.39, 0.29) is 23.9 Å². The molecule has 0 saturated carbocycles. The van der Waals surface area contributed by atoms with Gasteiger partial charge in [0.2, 0.25) is 15.9 Å². The molecule has 0 bridgehead atoms. The minimum absolute atomic E-state index is 0.0252. The summed E-state index contributed by atoms with van der Waals surface area (Å²) in [6.45, 7) is 12.7. The second-order valence-electron chi connectivity index (χ2n) is 13.0. The maximum Gasteiger partial charge on any atom is 0.310 e. The largest absolute Gasteiger partial charge is 0.481 e. The van der Waals surface area contributed by atoms with E-state index in [1.54, 1.807) is 43.9 Å². The highest BCUT2D eigenvalue weighted by Gasteiger charge is 2.46. The Hall–Kier alpha value is -3.94. The summed E-state index contributed by atoms with van der Waals surface area (Å²) < 4.78 is 43.8. The van der Waals surface area contributed by atoms with Crippen molar-refractivity contribution in [3.8, 4) is 5.88 Å².